The number of rotatable bonds is 2. The van der Waals surface area contributed by atoms with Gasteiger partial charge >= 0.3 is 0 Å². The third-order valence-electron chi connectivity index (χ3n) is 3.33. The SMILES string of the molecule is C[C@H]1CCCCN1S(=O)(=O)c1ccc(Cl)c(Cl)c1Cl. The first-order valence-corrected chi connectivity index (χ1v) is 8.58. The van der Waals surface area contributed by atoms with Crippen molar-refractivity contribution < 1.29 is 8.42 Å². The van der Waals surface area contributed by atoms with Gasteiger partial charge in [-0.25, -0.2) is 8.42 Å². The molecule has 0 unspecified atom stereocenters. The van der Waals surface area contributed by atoms with Crippen molar-refractivity contribution >= 4 is 44.8 Å². The van der Waals surface area contributed by atoms with Crippen LogP contribution in [0.25, 0.3) is 0 Å². The maximum absolute atomic E-state index is 12.6. The average molecular weight is 343 g/mol. The molecule has 1 aliphatic rings. The van der Waals surface area contributed by atoms with Crippen LogP contribution in [0.4, 0.5) is 0 Å². The van der Waals surface area contributed by atoms with Crippen LogP contribution in [-0.2, 0) is 10.0 Å². The largest absolute Gasteiger partial charge is 0.244 e. The summed E-state index contributed by atoms with van der Waals surface area (Å²) in [6.07, 6.45) is 2.77. The van der Waals surface area contributed by atoms with Gasteiger partial charge in [0, 0.05) is 12.6 Å². The van der Waals surface area contributed by atoms with Crippen molar-refractivity contribution in [2.45, 2.75) is 37.1 Å². The van der Waals surface area contributed by atoms with Crippen LogP contribution < -0.4 is 0 Å². The summed E-state index contributed by atoms with van der Waals surface area (Å²) in [7, 11) is -3.62. The van der Waals surface area contributed by atoms with Gasteiger partial charge in [-0.1, -0.05) is 41.2 Å². The van der Waals surface area contributed by atoms with Crippen LogP contribution in [0.2, 0.25) is 15.1 Å². The number of nitrogens with zero attached hydrogens (tertiary/aromatic N) is 1. The number of piperidine rings is 1. The third kappa shape index (κ3) is 2.88. The van der Waals surface area contributed by atoms with E-state index in [1.54, 1.807) is 0 Å². The first-order chi connectivity index (χ1) is 8.85. The Morgan fingerprint density at radius 2 is 1.84 bits per heavy atom. The van der Waals surface area contributed by atoms with Crippen molar-refractivity contribution in [3.8, 4) is 0 Å². The molecule has 7 heteroatoms. The van der Waals surface area contributed by atoms with Gasteiger partial charge < -0.3 is 0 Å². The lowest BCUT2D eigenvalue weighted by molar-refractivity contribution is 0.268. The minimum Gasteiger partial charge on any atom is -0.207 e. The van der Waals surface area contributed by atoms with Gasteiger partial charge in [-0.05, 0) is 31.9 Å². The van der Waals surface area contributed by atoms with Crippen LogP contribution in [0.5, 0.6) is 0 Å². The molecule has 1 fully saturated rings. The van der Waals surface area contributed by atoms with Crippen LogP contribution in [0, 0.1) is 0 Å². The van der Waals surface area contributed by atoms with E-state index in [2.05, 4.69) is 0 Å². The van der Waals surface area contributed by atoms with E-state index in [0.29, 0.717) is 6.54 Å². The van der Waals surface area contributed by atoms with E-state index < -0.39 is 10.0 Å². The average Bonchev–Trinajstić information content (AvgIpc) is 2.36. The van der Waals surface area contributed by atoms with Crippen LogP contribution in [0.3, 0.4) is 0 Å². The number of sulfonamides is 1. The molecule has 0 N–H and O–H groups in total. The Hall–Kier alpha value is -0.000000000000000167. The summed E-state index contributed by atoms with van der Waals surface area (Å²) in [5, 5.41) is 0.318. The van der Waals surface area contributed by atoms with Crippen molar-refractivity contribution in [1.82, 2.24) is 4.31 Å². The molecule has 0 radical (unpaired) electrons. The molecule has 1 saturated heterocycles. The first kappa shape index (κ1) is 15.4. The lowest BCUT2D eigenvalue weighted by Gasteiger charge is -2.32. The van der Waals surface area contributed by atoms with Gasteiger partial charge in [0.15, 0.2) is 0 Å². The zero-order chi connectivity index (χ0) is 14.2. The van der Waals surface area contributed by atoms with Crippen LogP contribution in [0.15, 0.2) is 17.0 Å². The Balaban J connectivity index is 2.48. The Labute approximate surface area is 128 Å². The van der Waals surface area contributed by atoms with Crippen LogP contribution in [0.1, 0.15) is 26.2 Å². The molecule has 0 aliphatic carbocycles. The van der Waals surface area contributed by atoms with Crippen molar-refractivity contribution in [3.63, 3.8) is 0 Å². The molecule has 0 bridgehead atoms. The monoisotopic (exact) mass is 341 g/mol. The molecule has 0 amide bonds. The molecule has 1 heterocycles. The van der Waals surface area contributed by atoms with Crippen molar-refractivity contribution in [2.75, 3.05) is 6.54 Å². The van der Waals surface area contributed by atoms with E-state index in [1.807, 2.05) is 6.92 Å². The summed E-state index contributed by atoms with van der Waals surface area (Å²) < 4.78 is 26.7. The highest BCUT2D eigenvalue weighted by Gasteiger charge is 2.33. The molecule has 2 rings (SSSR count). The second kappa shape index (κ2) is 5.78. The fourth-order valence-electron chi connectivity index (χ4n) is 2.26. The van der Waals surface area contributed by atoms with Gasteiger partial charge in [0.2, 0.25) is 10.0 Å². The van der Waals surface area contributed by atoms with Crippen molar-refractivity contribution in [3.05, 3.63) is 27.2 Å². The lowest BCUT2D eigenvalue weighted by Crippen LogP contribution is -2.42. The Morgan fingerprint density at radius 1 is 1.16 bits per heavy atom. The summed E-state index contributed by atoms with van der Waals surface area (Å²) in [6.45, 7) is 2.42. The molecule has 0 saturated carbocycles. The van der Waals surface area contributed by atoms with Gasteiger partial charge in [0.25, 0.3) is 0 Å². The number of halogens is 3. The van der Waals surface area contributed by atoms with Gasteiger partial charge in [-0.2, -0.15) is 4.31 Å². The highest BCUT2D eigenvalue weighted by Crippen LogP contribution is 2.37. The smallest absolute Gasteiger partial charge is 0.207 e. The molecule has 106 valence electrons. The number of hydrogen-bond acceptors (Lipinski definition) is 2. The van der Waals surface area contributed by atoms with Gasteiger partial charge in [0.1, 0.15) is 4.90 Å². The Kier molecular flexibility index (Phi) is 4.68. The molecule has 19 heavy (non-hydrogen) atoms. The summed E-state index contributed by atoms with van der Waals surface area (Å²) in [5.74, 6) is 0. The maximum Gasteiger partial charge on any atom is 0.244 e. The molecule has 1 aromatic carbocycles. The van der Waals surface area contributed by atoms with Crippen molar-refractivity contribution in [2.24, 2.45) is 0 Å². The summed E-state index contributed by atoms with van der Waals surface area (Å²) in [5.41, 5.74) is 0. The molecule has 1 atom stereocenters. The molecular weight excluding hydrogens is 329 g/mol. The third-order valence-corrected chi connectivity index (χ3v) is 6.79. The van der Waals surface area contributed by atoms with Crippen LogP contribution in [-0.4, -0.2) is 25.3 Å². The van der Waals surface area contributed by atoms with Gasteiger partial charge in [0.05, 0.1) is 15.1 Å². The van der Waals surface area contributed by atoms with E-state index >= 15 is 0 Å². The van der Waals surface area contributed by atoms with E-state index in [1.165, 1.54) is 16.4 Å². The van der Waals surface area contributed by atoms with E-state index in [-0.39, 0.29) is 26.0 Å². The number of hydrogen-bond donors (Lipinski definition) is 0. The predicted molar refractivity (Wildman–Crippen MR) is 78.7 cm³/mol. The Bertz CT molecular complexity index is 589. The minimum atomic E-state index is -3.62. The zero-order valence-electron chi connectivity index (χ0n) is 10.4. The molecule has 0 spiro atoms. The summed E-state index contributed by atoms with van der Waals surface area (Å²) in [4.78, 5) is 0.0253. The lowest BCUT2D eigenvalue weighted by atomic mass is 10.1. The highest BCUT2D eigenvalue weighted by molar-refractivity contribution is 7.89. The molecule has 1 aromatic rings. The molecule has 0 aromatic heterocycles. The topological polar surface area (TPSA) is 37.4 Å². The number of benzene rings is 1. The van der Waals surface area contributed by atoms with Crippen molar-refractivity contribution in [1.29, 1.82) is 0 Å². The molecule has 3 nitrogen and oxygen atoms in total. The van der Waals surface area contributed by atoms with E-state index in [4.69, 9.17) is 34.8 Å². The predicted octanol–water partition coefficient (Wildman–Crippen LogP) is 4.21. The fourth-order valence-corrected chi connectivity index (χ4v) is 4.92. The standard InChI is InChI=1S/C12H14Cl3NO2S/c1-8-4-2-3-7-16(8)19(17,18)10-6-5-9(13)11(14)12(10)15/h5-6,8H,2-4,7H2,1H3/t8-/m0/s1. The van der Waals surface area contributed by atoms with Crippen LogP contribution >= 0.6 is 34.8 Å². The first-order valence-electron chi connectivity index (χ1n) is 6.01. The highest BCUT2D eigenvalue weighted by atomic mass is 35.5. The maximum atomic E-state index is 12.6. The summed E-state index contributed by atoms with van der Waals surface area (Å²) in [6, 6.07) is 2.84. The fraction of sp³-hybridized carbons (Fsp3) is 0.500. The molecular formula is C12H14Cl3NO2S. The second-order valence-electron chi connectivity index (χ2n) is 4.63. The quantitative estimate of drug-likeness (QED) is 0.755. The van der Waals surface area contributed by atoms with E-state index in [0.717, 1.165) is 19.3 Å². The van der Waals surface area contributed by atoms with Gasteiger partial charge in [-0.15, -0.1) is 0 Å². The minimum absolute atomic E-state index is 0.00746. The molecule has 1 aliphatic heterocycles. The normalized spacial score (nSPS) is 21.6. The zero-order valence-corrected chi connectivity index (χ0v) is 13.5. The van der Waals surface area contributed by atoms with E-state index in [9.17, 15) is 8.42 Å². The van der Waals surface area contributed by atoms with Gasteiger partial charge in [-0.3, -0.25) is 0 Å². The second-order valence-corrected chi connectivity index (χ2v) is 7.66. The summed E-state index contributed by atoms with van der Waals surface area (Å²) >= 11 is 17.8. The Morgan fingerprint density at radius 3 is 2.47 bits per heavy atom.